The standard InChI is InChI=1S/C8H12N2O3/c1-3-4-8(5-11)6(12)10(2)7(13)9-8/h5H,3-4H2,1-2H3,(H,9,13). The van der Waals surface area contributed by atoms with E-state index in [-0.39, 0.29) is 0 Å². The average molecular weight is 184 g/mol. The lowest BCUT2D eigenvalue weighted by molar-refractivity contribution is -0.134. The van der Waals surface area contributed by atoms with Gasteiger partial charge in [0.25, 0.3) is 5.91 Å². The Morgan fingerprint density at radius 3 is 2.46 bits per heavy atom. The van der Waals surface area contributed by atoms with Crippen LogP contribution in [0.5, 0.6) is 0 Å². The van der Waals surface area contributed by atoms with Gasteiger partial charge in [-0.25, -0.2) is 4.79 Å². The highest BCUT2D eigenvalue weighted by atomic mass is 16.2. The lowest BCUT2D eigenvalue weighted by Crippen LogP contribution is -2.48. The average Bonchev–Trinajstić information content (AvgIpc) is 2.32. The van der Waals surface area contributed by atoms with Crippen LogP contribution in [0.1, 0.15) is 19.8 Å². The molecule has 13 heavy (non-hydrogen) atoms. The van der Waals surface area contributed by atoms with Crippen molar-refractivity contribution in [3.8, 4) is 0 Å². The summed E-state index contributed by atoms with van der Waals surface area (Å²) in [6, 6.07) is -0.509. The van der Waals surface area contributed by atoms with Gasteiger partial charge >= 0.3 is 6.03 Å². The first-order valence-corrected chi connectivity index (χ1v) is 4.14. The molecule has 72 valence electrons. The molecule has 1 aliphatic heterocycles. The van der Waals surface area contributed by atoms with E-state index in [2.05, 4.69) is 5.32 Å². The van der Waals surface area contributed by atoms with E-state index in [0.29, 0.717) is 19.1 Å². The van der Waals surface area contributed by atoms with Crippen molar-refractivity contribution in [3.63, 3.8) is 0 Å². The van der Waals surface area contributed by atoms with Gasteiger partial charge in [-0.1, -0.05) is 13.3 Å². The number of rotatable bonds is 3. The first-order valence-electron chi connectivity index (χ1n) is 4.14. The molecule has 0 bridgehead atoms. The number of carbonyl (C=O) groups is 3. The number of nitrogens with one attached hydrogen (secondary N) is 1. The van der Waals surface area contributed by atoms with E-state index >= 15 is 0 Å². The third-order valence-corrected chi connectivity index (χ3v) is 2.17. The monoisotopic (exact) mass is 184 g/mol. The highest BCUT2D eigenvalue weighted by Gasteiger charge is 2.49. The topological polar surface area (TPSA) is 66.5 Å². The molecule has 0 aromatic rings. The maximum atomic E-state index is 11.5. The number of likely N-dealkylation sites (N-methyl/N-ethyl adjacent to an activating group) is 1. The maximum absolute atomic E-state index is 11.5. The predicted octanol–water partition coefficient (Wildman–Crippen LogP) is -0.0942. The summed E-state index contributed by atoms with van der Waals surface area (Å²) in [4.78, 5) is 34.2. The molecule has 5 nitrogen and oxygen atoms in total. The third kappa shape index (κ3) is 1.30. The number of imide groups is 1. The van der Waals surface area contributed by atoms with Gasteiger partial charge in [0, 0.05) is 7.05 Å². The lowest BCUT2D eigenvalue weighted by atomic mass is 9.96. The van der Waals surface area contributed by atoms with E-state index in [4.69, 9.17) is 0 Å². The van der Waals surface area contributed by atoms with Gasteiger partial charge in [-0.2, -0.15) is 0 Å². The van der Waals surface area contributed by atoms with Crippen LogP contribution in [-0.2, 0) is 9.59 Å². The van der Waals surface area contributed by atoms with Gasteiger partial charge in [-0.05, 0) is 6.42 Å². The number of hydrogen-bond donors (Lipinski definition) is 1. The summed E-state index contributed by atoms with van der Waals surface area (Å²) in [5.41, 5.74) is -1.30. The second-order valence-corrected chi connectivity index (χ2v) is 3.13. The second-order valence-electron chi connectivity index (χ2n) is 3.13. The number of amides is 3. The third-order valence-electron chi connectivity index (χ3n) is 2.17. The zero-order valence-electron chi connectivity index (χ0n) is 7.66. The van der Waals surface area contributed by atoms with Crippen LogP contribution in [0.25, 0.3) is 0 Å². The largest absolute Gasteiger partial charge is 0.325 e. The van der Waals surface area contributed by atoms with E-state index in [1.807, 2.05) is 6.92 Å². The zero-order chi connectivity index (χ0) is 10.1. The Morgan fingerprint density at radius 1 is 1.54 bits per heavy atom. The molecule has 0 aliphatic carbocycles. The zero-order valence-corrected chi connectivity index (χ0v) is 7.66. The summed E-state index contributed by atoms with van der Waals surface area (Å²) in [7, 11) is 1.36. The molecule has 0 spiro atoms. The van der Waals surface area contributed by atoms with Crippen molar-refractivity contribution in [2.75, 3.05) is 7.05 Å². The Morgan fingerprint density at radius 2 is 2.15 bits per heavy atom. The molecule has 1 saturated heterocycles. The Hall–Kier alpha value is -1.39. The van der Waals surface area contributed by atoms with Gasteiger partial charge in [-0.3, -0.25) is 9.69 Å². The van der Waals surface area contributed by atoms with Crippen molar-refractivity contribution in [1.29, 1.82) is 0 Å². The van der Waals surface area contributed by atoms with E-state index in [1.54, 1.807) is 0 Å². The molecule has 0 aromatic heterocycles. The summed E-state index contributed by atoms with van der Waals surface area (Å²) in [5, 5.41) is 2.39. The first-order chi connectivity index (χ1) is 6.07. The molecule has 1 atom stereocenters. The normalized spacial score (nSPS) is 27.7. The minimum Gasteiger partial charge on any atom is -0.317 e. The molecule has 0 radical (unpaired) electrons. The fourth-order valence-electron chi connectivity index (χ4n) is 1.42. The van der Waals surface area contributed by atoms with Crippen LogP contribution < -0.4 is 5.32 Å². The van der Waals surface area contributed by atoms with E-state index in [0.717, 1.165) is 4.90 Å². The molecule has 3 amide bonds. The lowest BCUT2D eigenvalue weighted by Gasteiger charge is -2.17. The molecule has 0 aromatic carbocycles. The van der Waals surface area contributed by atoms with Crippen LogP contribution in [0.4, 0.5) is 4.79 Å². The molecule has 1 N–H and O–H groups in total. The number of carbonyl (C=O) groups excluding carboxylic acids is 3. The Balaban J connectivity index is 2.96. The van der Waals surface area contributed by atoms with Crippen molar-refractivity contribution in [2.24, 2.45) is 0 Å². The maximum Gasteiger partial charge on any atom is 0.325 e. The van der Waals surface area contributed by atoms with Crippen LogP contribution in [-0.4, -0.2) is 35.7 Å². The van der Waals surface area contributed by atoms with Crippen molar-refractivity contribution in [3.05, 3.63) is 0 Å². The Kier molecular flexibility index (Phi) is 2.36. The van der Waals surface area contributed by atoms with Crippen LogP contribution in [0.3, 0.4) is 0 Å². The molecular formula is C8H12N2O3. The summed E-state index contributed by atoms with van der Waals surface area (Å²) >= 11 is 0. The Bertz CT molecular complexity index is 264. The fourth-order valence-corrected chi connectivity index (χ4v) is 1.42. The molecule has 5 heteroatoms. The summed E-state index contributed by atoms with van der Waals surface area (Å²) < 4.78 is 0. The summed E-state index contributed by atoms with van der Waals surface area (Å²) in [6.07, 6.45) is 1.53. The number of hydrogen-bond acceptors (Lipinski definition) is 3. The highest BCUT2D eigenvalue weighted by Crippen LogP contribution is 2.19. The van der Waals surface area contributed by atoms with Crippen molar-refractivity contribution in [2.45, 2.75) is 25.3 Å². The molecule has 1 heterocycles. The minimum absolute atomic E-state index is 0.353. The van der Waals surface area contributed by atoms with Crippen molar-refractivity contribution >= 4 is 18.2 Å². The molecule has 1 aliphatic rings. The highest BCUT2D eigenvalue weighted by molar-refractivity contribution is 6.15. The second kappa shape index (κ2) is 3.16. The van der Waals surface area contributed by atoms with Gasteiger partial charge in [0.1, 0.15) is 0 Å². The van der Waals surface area contributed by atoms with E-state index in [1.165, 1.54) is 7.05 Å². The van der Waals surface area contributed by atoms with Gasteiger partial charge in [0.15, 0.2) is 11.8 Å². The number of urea groups is 1. The van der Waals surface area contributed by atoms with Gasteiger partial charge in [-0.15, -0.1) is 0 Å². The molecule has 0 saturated carbocycles. The SMILES string of the molecule is CCCC1(C=O)NC(=O)N(C)C1=O. The van der Waals surface area contributed by atoms with Gasteiger partial charge < -0.3 is 10.1 Å². The summed E-state index contributed by atoms with van der Waals surface area (Å²) in [6.45, 7) is 1.85. The van der Waals surface area contributed by atoms with Crippen LogP contribution in [0.15, 0.2) is 0 Å². The van der Waals surface area contributed by atoms with E-state index in [9.17, 15) is 14.4 Å². The minimum atomic E-state index is -1.30. The van der Waals surface area contributed by atoms with E-state index < -0.39 is 17.5 Å². The van der Waals surface area contributed by atoms with Crippen LogP contribution in [0, 0.1) is 0 Å². The number of nitrogens with zero attached hydrogens (tertiary/aromatic N) is 1. The Labute approximate surface area is 76.1 Å². The first kappa shape index (κ1) is 9.70. The van der Waals surface area contributed by atoms with Crippen molar-refractivity contribution < 1.29 is 14.4 Å². The summed E-state index contributed by atoms with van der Waals surface area (Å²) in [5.74, 6) is -0.464. The van der Waals surface area contributed by atoms with Crippen molar-refractivity contribution in [1.82, 2.24) is 10.2 Å². The van der Waals surface area contributed by atoms with Crippen LogP contribution >= 0.6 is 0 Å². The van der Waals surface area contributed by atoms with Crippen LogP contribution in [0.2, 0.25) is 0 Å². The predicted molar refractivity (Wildman–Crippen MR) is 45.0 cm³/mol. The van der Waals surface area contributed by atoms with Gasteiger partial charge in [0.2, 0.25) is 0 Å². The molecule has 1 unspecified atom stereocenters. The molecular weight excluding hydrogens is 172 g/mol. The fraction of sp³-hybridized carbons (Fsp3) is 0.625. The molecule has 1 rings (SSSR count). The quantitative estimate of drug-likeness (QED) is 0.378. The molecule has 1 fully saturated rings. The van der Waals surface area contributed by atoms with Gasteiger partial charge in [0.05, 0.1) is 0 Å². The number of aldehydes is 1. The smallest absolute Gasteiger partial charge is 0.317 e.